The van der Waals surface area contributed by atoms with Gasteiger partial charge < -0.3 is 19.5 Å². The molecule has 0 atom stereocenters. The minimum absolute atomic E-state index is 0.324. The van der Waals surface area contributed by atoms with Crippen LogP contribution < -0.4 is 19.5 Å². The molecule has 136 valence electrons. The number of halogens is 3. The normalized spacial score (nSPS) is 13.5. The molecule has 2 aromatic rings. The summed E-state index contributed by atoms with van der Waals surface area (Å²) in [5.41, 5.74) is 1.09. The van der Waals surface area contributed by atoms with E-state index in [1.807, 2.05) is 0 Å². The zero-order chi connectivity index (χ0) is 18.6. The topological polar surface area (TPSA) is 56.8 Å². The fourth-order valence-electron chi connectivity index (χ4n) is 2.26. The van der Waals surface area contributed by atoms with Gasteiger partial charge in [-0.2, -0.15) is 0 Å². The zero-order valence-electron chi connectivity index (χ0n) is 13.4. The Kier molecular flexibility index (Phi) is 5.01. The van der Waals surface area contributed by atoms with E-state index in [-0.39, 0.29) is 5.75 Å². The van der Waals surface area contributed by atoms with E-state index in [2.05, 4.69) is 10.1 Å². The number of carbonyl (C=O) groups is 1. The Labute approximate surface area is 147 Å². The minimum atomic E-state index is -4.74. The third-order valence-electron chi connectivity index (χ3n) is 3.35. The molecule has 0 aromatic heterocycles. The van der Waals surface area contributed by atoms with E-state index in [0.29, 0.717) is 36.0 Å². The van der Waals surface area contributed by atoms with Gasteiger partial charge in [0.25, 0.3) is 0 Å². The van der Waals surface area contributed by atoms with Crippen molar-refractivity contribution in [1.29, 1.82) is 0 Å². The van der Waals surface area contributed by atoms with Gasteiger partial charge in [0, 0.05) is 17.8 Å². The van der Waals surface area contributed by atoms with Crippen LogP contribution in [0.15, 0.2) is 48.5 Å². The maximum Gasteiger partial charge on any atom is 0.573 e. The Morgan fingerprint density at radius 3 is 2.42 bits per heavy atom. The number of carbonyl (C=O) groups excluding carboxylic acids is 1. The fourth-order valence-corrected chi connectivity index (χ4v) is 2.26. The van der Waals surface area contributed by atoms with Crippen LogP contribution in [0.3, 0.4) is 0 Å². The van der Waals surface area contributed by atoms with Crippen LogP contribution in [0, 0.1) is 0 Å². The molecule has 0 spiro atoms. The molecule has 0 saturated heterocycles. The SMILES string of the molecule is O=C(/C=C/c1ccc(OC(F)(F)F)cc1)Nc1ccc2c(c1)OCCO2. The summed E-state index contributed by atoms with van der Waals surface area (Å²) in [6.45, 7) is 0.923. The number of fused-ring (bicyclic) bond motifs is 1. The summed E-state index contributed by atoms with van der Waals surface area (Å²) in [5.74, 6) is 0.455. The highest BCUT2D eigenvalue weighted by Gasteiger charge is 2.30. The molecule has 0 bridgehead atoms. The number of benzene rings is 2. The molecule has 1 N–H and O–H groups in total. The molecule has 5 nitrogen and oxygen atoms in total. The summed E-state index contributed by atoms with van der Waals surface area (Å²) in [6.07, 6.45) is -1.98. The van der Waals surface area contributed by atoms with Gasteiger partial charge in [0.2, 0.25) is 5.91 Å². The number of alkyl halides is 3. The average Bonchev–Trinajstić information content (AvgIpc) is 2.60. The van der Waals surface area contributed by atoms with Crippen molar-refractivity contribution in [3.63, 3.8) is 0 Å². The lowest BCUT2D eigenvalue weighted by molar-refractivity contribution is -0.274. The average molecular weight is 365 g/mol. The highest BCUT2D eigenvalue weighted by molar-refractivity contribution is 6.02. The Morgan fingerprint density at radius 2 is 1.73 bits per heavy atom. The van der Waals surface area contributed by atoms with Gasteiger partial charge in [0.1, 0.15) is 19.0 Å². The maximum absolute atomic E-state index is 12.1. The van der Waals surface area contributed by atoms with Crippen molar-refractivity contribution >= 4 is 17.7 Å². The fraction of sp³-hybridized carbons (Fsp3) is 0.167. The Hall–Kier alpha value is -3.16. The molecule has 0 saturated carbocycles. The molecule has 26 heavy (non-hydrogen) atoms. The van der Waals surface area contributed by atoms with Crippen LogP contribution >= 0.6 is 0 Å². The number of nitrogens with one attached hydrogen (secondary N) is 1. The predicted molar refractivity (Wildman–Crippen MR) is 88.2 cm³/mol. The highest BCUT2D eigenvalue weighted by atomic mass is 19.4. The van der Waals surface area contributed by atoms with Gasteiger partial charge in [-0.3, -0.25) is 4.79 Å². The number of rotatable bonds is 4. The third kappa shape index (κ3) is 4.92. The lowest BCUT2D eigenvalue weighted by Gasteiger charge is -2.18. The van der Waals surface area contributed by atoms with E-state index in [1.165, 1.54) is 36.4 Å². The van der Waals surface area contributed by atoms with Gasteiger partial charge in [0.15, 0.2) is 11.5 Å². The van der Waals surface area contributed by atoms with Gasteiger partial charge in [-0.25, -0.2) is 0 Å². The summed E-state index contributed by atoms with van der Waals surface area (Å²) in [5, 5.41) is 2.67. The molecule has 0 fully saturated rings. The lowest BCUT2D eigenvalue weighted by atomic mass is 10.2. The first-order valence-corrected chi connectivity index (χ1v) is 7.64. The highest BCUT2D eigenvalue weighted by Crippen LogP contribution is 2.32. The maximum atomic E-state index is 12.1. The quantitative estimate of drug-likeness (QED) is 0.832. The summed E-state index contributed by atoms with van der Waals surface area (Å²) < 4.78 is 50.9. The third-order valence-corrected chi connectivity index (χ3v) is 3.35. The van der Waals surface area contributed by atoms with E-state index >= 15 is 0 Å². The van der Waals surface area contributed by atoms with Gasteiger partial charge in [-0.05, 0) is 35.9 Å². The predicted octanol–water partition coefficient (Wildman–Crippen LogP) is 4.01. The summed E-state index contributed by atoms with van der Waals surface area (Å²) in [7, 11) is 0. The molecule has 8 heteroatoms. The zero-order valence-corrected chi connectivity index (χ0v) is 13.4. The molecule has 1 aliphatic heterocycles. The number of ether oxygens (including phenoxy) is 3. The van der Waals surface area contributed by atoms with Crippen molar-refractivity contribution in [3.05, 3.63) is 54.1 Å². The van der Waals surface area contributed by atoms with Crippen molar-refractivity contribution in [3.8, 4) is 17.2 Å². The number of hydrogen-bond donors (Lipinski definition) is 1. The molecule has 1 heterocycles. The second-order valence-corrected chi connectivity index (χ2v) is 5.30. The number of hydrogen-bond acceptors (Lipinski definition) is 4. The summed E-state index contributed by atoms with van der Waals surface area (Å²) in [6, 6.07) is 10.2. The number of anilines is 1. The van der Waals surface area contributed by atoms with Crippen LogP contribution in [-0.2, 0) is 4.79 Å². The summed E-state index contributed by atoms with van der Waals surface area (Å²) in [4.78, 5) is 12.0. The molecule has 1 amide bonds. The second-order valence-electron chi connectivity index (χ2n) is 5.30. The Bertz CT molecular complexity index is 816. The van der Waals surface area contributed by atoms with E-state index in [4.69, 9.17) is 9.47 Å². The lowest BCUT2D eigenvalue weighted by Crippen LogP contribution is -2.16. The van der Waals surface area contributed by atoms with Gasteiger partial charge in [0.05, 0.1) is 0 Å². The largest absolute Gasteiger partial charge is 0.573 e. The molecule has 3 rings (SSSR count). The van der Waals surface area contributed by atoms with Gasteiger partial charge in [-0.15, -0.1) is 13.2 Å². The van der Waals surface area contributed by atoms with Crippen molar-refractivity contribution < 1.29 is 32.2 Å². The summed E-state index contributed by atoms with van der Waals surface area (Å²) >= 11 is 0. The van der Waals surface area contributed by atoms with Crippen LogP contribution in [0.25, 0.3) is 6.08 Å². The molecule has 0 aliphatic carbocycles. The van der Waals surface area contributed by atoms with E-state index in [1.54, 1.807) is 18.2 Å². The second kappa shape index (κ2) is 7.38. The van der Waals surface area contributed by atoms with Crippen molar-refractivity contribution in [2.24, 2.45) is 0 Å². The Balaban J connectivity index is 1.59. The molecule has 0 radical (unpaired) electrons. The van der Waals surface area contributed by atoms with Crippen molar-refractivity contribution in [1.82, 2.24) is 0 Å². The minimum Gasteiger partial charge on any atom is -0.486 e. The molecular formula is C18H14F3NO4. The van der Waals surface area contributed by atoms with Gasteiger partial charge in [-0.1, -0.05) is 12.1 Å². The van der Waals surface area contributed by atoms with Gasteiger partial charge >= 0.3 is 6.36 Å². The molecule has 0 unspecified atom stereocenters. The monoisotopic (exact) mass is 365 g/mol. The smallest absolute Gasteiger partial charge is 0.486 e. The van der Waals surface area contributed by atoms with E-state index < -0.39 is 12.3 Å². The van der Waals surface area contributed by atoms with E-state index in [0.717, 1.165) is 0 Å². The van der Waals surface area contributed by atoms with Crippen LogP contribution in [0.5, 0.6) is 17.2 Å². The standard InChI is InChI=1S/C18H14F3NO4/c19-18(20,21)26-14-5-1-12(2-6-14)3-8-17(23)22-13-4-7-15-16(11-13)25-10-9-24-15/h1-8,11H,9-10H2,(H,22,23)/b8-3+. The molecule has 2 aromatic carbocycles. The van der Waals surface area contributed by atoms with Crippen LogP contribution in [0.1, 0.15) is 5.56 Å². The first kappa shape index (κ1) is 17.7. The van der Waals surface area contributed by atoms with Crippen LogP contribution in [-0.4, -0.2) is 25.5 Å². The first-order chi connectivity index (χ1) is 12.4. The Morgan fingerprint density at radius 1 is 1.04 bits per heavy atom. The van der Waals surface area contributed by atoms with Crippen molar-refractivity contribution in [2.75, 3.05) is 18.5 Å². The van der Waals surface area contributed by atoms with Crippen LogP contribution in [0.4, 0.5) is 18.9 Å². The molecular weight excluding hydrogens is 351 g/mol. The molecule has 1 aliphatic rings. The first-order valence-electron chi connectivity index (χ1n) is 7.64. The number of amides is 1. The van der Waals surface area contributed by atoms with E-state index in [9.17, 15) is 18.0 Å². The van der Waals surface area contributed by atoms with Crippen LogP contribution in [0.2, 0.25) is 0 Å². The van der Waals surface area contributed by atoms with Crippen molar-refractivity contribution in [2.45, 2.75) is 6.36 Å².